The summed E-state index contributed by atoms with van der Waals surface area (Å²) in [5, 5.41) is 12.4. The van der Waals surface area contributed by atoms with Crippen LogP contribution in [0.4, 0.5) is 13.2 Å². The van der Waals surface area contributed by atoms with Crippen LogP contribution in [0, 0.1) is 0 Å². The van der Waals surface area contributed by atoms with Crippen LogP contribution < -0.4 is 5.32 Å². The number of hydrogen-bond donors (Lipinski definition) is 2. The maximum absolute atomic E-state index is 12.0. The number of likely N-dealkylation sites (tertiary alicyclic amines) is 1. The number of alkyl halides is 3. The smallest absolute Gasteiger partial charge is 0.389 e. The minimum atomic E-state index is -4.40. The van der Waals surface area contributed by atoms with Crippen LogP contribution in [0.2, 0.25) is 0 Å². The fourth-order valence-corrected chi connectivity index (χ4v) is 2.60. The lowest BCUT2D eigenvalue weighted by Gasteiger charge is -2.37. The minimum Gasteiger partial charge on any atom is -0.389 e. The second-order valence-corrected chi connectivity index (χ2v) is 5.89. The molecule has 1 aliphatic heterocycles. The molecule has 0 spiro atoms. The zero-order valence-electron chi connectivity index (χ0n) is 12.6. The Balaban J connectivity index is 1.76. The van der Waals surface area contributed by atoms with Crippen molar-refractivity contribution in [2.24, 2.45) is 0 Å². The van der Waals surface area contributed by atoms with Gasteiger partial charge in [0, 0.05) is 31.4 Å². The summed E-state index contributed by atoms with van der Waals surface area (Å²) in [6, 6.07) is 5.50. The van der Waals surface area contributed by atoms with E-state index in [2.05, 4.69) is 4.98 Å². The molecule has 2 heterocycles. The minimum absolute atomic E-state index is 0.0876. The van der Waals surface area contributed by atoms with Gasteiger partial charge < -0.3 is 10.4 Å². The molecule has 128 valence electrons. The molecule has 1 aromatic heterocycles. The van der Waals surface area contributed by atoms with Crippen molar-refractivity contribution in [2.75, 3.05) is 26.2 Å². The highest BCUT2D eigenvalue weighted by atomic mass is 19.4. The molecule has 1 aromatic rings. The SMILES string of the molecule is O=C(CN1CCC(O)(Cc2ccccn2)CC1)NCC(F)(F)F. The summed E-state index contributed by atoms with van der Waals surface area (Å²) in [6.45, 7) is -0.482. The molecule has 2 N–H and O–H groups in total. The van der Waals surface area contributed by atoms with Crippen molar-refractivity contribution in [3.05, 3.63) is 30.1 Å². The lowest BCUT2D eigenvalue weighted by Crippen LogP contribution is -2.49. The second-order valence-electron chi connectivity index (χ2n) is 5.89. The van der Waals surface area contributed by atoms with Crippen molar-refractivity contribution >= 4 is 5.91 Å². The Kier molecular flexibility index (Phi) is 5.59. The van der Waals surface area contributed by atoms with Crippen molar-refractivity contribution in [3.8, 4) is 0 Å². The average molecular weight is 331 g/mol. The molecule has 0 atom stereocenters. The second kappa shape index (κ2) is 7.27. The number of aliphatic hydroxyl groups is 1. The van der Waals surface area contributed by atoms with Gasteiger partial charge in [-0.25, -0.2) is 0 Å². The molecular weight excluding hydrogens is 311 g/mol. The number of nitrogens with one attached hydrogen (secondary N) is 1. The van der Waals surface area contributed by atoms with E-state index < -0.39 is 24.2 Å². The predicted octanol–water partition coefficient (Wildman–Crippen LogP) is 1.13. The van der Waals surface area contributed by atoms with Crippen molar-refractivity contribution in [1.29, 1.82) is 0 Å². The van der Waals surface area contributed by atoms with Gasteiger partial charge in [0.05, 0.1) is 12.1 Å². The molecule has 0 aromatic carbocycles. The third-order valence-electron chi connectivity index (χ3n) is 3.88. The summed E-state index contributed by atoms with van der Waals surface area (Å²) in [6.07, 6.45) is -1.40. The fourth-order valence-electron chi connectivity index (χ4n) is 2.60. The molecule has 2 rings (SSSR count). The monoisotopic (exact) mass is 331 g/mol. The van der Waals surface area contributed by atoms with E-state index in [1.165, 1.54) is 0 Å². The zero-order chi connectivity index (χ0) is 16.9. The van der Waals surface area contributed by atoms with Gasteiger partial charge in [-0.1, -0.05) is 6.07 Å². The van der Waals surface area contributed by atoms with Gasteiger partial charge in [0.1, 0.15) is 6.54 Å². The van der Waals surface area contributed by atoms with E-state index in [0.717, 1.165) is 5.69 Å². The molecular formula is C15H20F3N3O2. The van der Waals surface area contributed by atoms with Crippen LogP contribution in [0.5, 0.6) is 0 Å². The first-order valence-electron chi connectivity index (χ1n) is 7.44. The molecule has 1 amide bonds. The predicted molar refractivity (Wildman–Crippen MR) is 77.6 cm³/mol. The number of aromatic nitrogens is 1. The number of rotatable bonds is 5. The normalized spacial score (nSPS) is 18.6. The third kappa shape index (κ3) is 6.15. The van der Waals surface area contributed by atoms with E-state index in [-0.39, 0.29) is 6.54 Å². The van der Waals surface area contributed by atoms with Gasteiger partial charge >= 0.3 is 6.18 Å². The Hall–Kier alpha value is -1.67. The first-order valence-corrected chi connectivity index (χ1v) is 7.44. The van der Waals surface area contributed by atoms with Crippen LogP contribution in [0.25, 0.3) is 0 Å². The Morgan fingerprint density at radius 3 is 2.61 bits per heavy atom. The molecule has 5 nitrogen and oxygen atoms in total. The number of carbonyl (C=O) groups excluding carboxylic acids is 1. The number of nitrogens with zero attached hydrogens (tertiary/aromatic N) is 2. The molecule has 0 bridgehead atoms. The van der Waals surface area contributed by atoms with Crippen LogP contribution >= 0.6 is 0 Å². The molecule has 0 saturated carbocycles. The first kappa shape index (κ1) is 17.7. The molecule has 23 heavy (non-hydrogen) atoms. The van der Waals surface area contributed by atoms with Crippen LogP contribution in [0.3, 0.4) is 0 Å². The molecule has 0 unspecified atom stereocenters. The number of pyridine rings is 1. The van der Waals surface area contributed by atoms with Crippen LogP contribution in [-0.4, -0.2) is 58.9 Å². The number of hydrogen-bond acceptors (Lipinski definition) is 4. The number of halogens is 3. The summed E-state index contributed by atoms with van der Waals surface area (Å²) >= 11 is 0. The highest BCUT2D eigenvalue weighted by Gasteiger charge is 2.34. The molecule has 0 aliphatic carbocycles. The van der Waals surface area contributed by atoms with Gasteiger partial charge in [0.15, 0.2) is 0 Å². The molecule has 1 fully saturated rings. The highest BCUT2D eigenvalue weighted by Crippen LogP contribution is 2.25. The first-order chi connectivity index (χ1) is 10.8. The number of amides is 1. The topological polar surface area (TPSA) is 65.5 Å². The van der Waals surface area contributed by atoms with Gasteiger partial charge in [-0.3, -0.25) is 14.7 Å². The Morgan fingerprint density at radius 2 is 2.04 bits per heavy atom. The van der Waals surface area contributed by atoms with Gasteiger partial charge in [-0.15, -0.1) is 0 Å². The van der Waals surface area contributed by atoms with Gasteiger partial charge in [0.25, 0.3) is 0 Å². The summed E-state index contributed by atoms with van der Waals surface area (Å²) in [5.41, 5.74) is -0.0841. The van der Waals surface area contributed by atoms with Crippen molar-refractivity contribution in [3.63, 3.8) is 0 Å². The van der Waals surface area contributed by atoms with Crippen molar-refractivity contribution in [1.82, 2.24) is 15.2 Å². The van der Waals surface area contributed by atoms with Crippen molar-refractivity contribution in [2.45, 2.75) is 31.0 Å². The highest BCUT2D eigenvalue weighted by molar-refractivity contribution is 5.78. The van der Waals surface area contributed by atoms with Crippen molar-refractivity contribution < 1.29 is 23.1 Å². The molecule has 0 radical (unpaired) electrons. The molecule has 1 saturated heterocycles. The summed E-state index contributed by atoms with van der Waals surface area (Å²) in [5.74, 6) is -0.655. The molecule has 1 aliphatic rings. The lowest BCUT2D eigenvalue weighted by atomic mass is 9.87. The Morgan fingerprint density at radius 1 is 1.35 bits per heavy atom. The maximum Gasteiger partial charge on any atom is 0.405 e. The Labute approximate surface area is 132 Å². The van der Waals surface area contributed by atoms with Gasteiger partial charge in [0.2, 0.25) is 5.91 Å². The van der Waals surface area contributed by atoms with E-state index in [4.69, 9.17) is 0 Å². The van der Waals surface area contributed by atoms with Crippen LogP contribution in [0.15, 0.2) is 24.4 Å². The third-order valence-corrected chi connectivity index (χ3v) is 3.88. The largest absolute Gasteiger partial charge is 0.405 e. The lowest BCUT2D eigenvalue weighted by molar-refractivity contribution is -0.139. The average Bonchev–Trinajstić information content (AvgIpc) is 2.48. The van der Waals surface area contributed by atoms with Gasteiger partial charge in [-0.2, -0.15) is 13.2 Å². The Bertz CT molecular complexity index is 514. The van der Waals surface area contributed by atoms with E-state index in [1.807, 2.05) is 17.4 Å². The number of carbonyl (C=O) groups is 1. The van der Waals surface area contributed by atoms with Crippen LogP contribution in [0.1, 0.15) is 18.5 Å². The fraction of sp³-hybridized carbons (Fsp3) is 0.600. The molecule has 8 heteroatoms. The van der Waals surface area contributed by atoms with E-state index in [9.17, 15) is 23.1 Å². The summed E-state index contributed by atoms with van der Waals surface area (Å²) in [7, 11) is 0. The van der Waals surface area contributed by atoms with E-state index in [1.54, 1.807) is 17.2 Å². The standard InChI is InChI=1S/C15H20F3N3O2/c16-15(17,18)11-20-13(22)10-21-7-4-14(23,5-8-21)9-12-3-1-2-6-19-12/h1-3,6,23H,4-5,7-11H2,(H,20,22). The van der Waals surface area contributed by atoms with E-state index in [0.29, 0.717) is 32.4 Å². The van der Waals surface area contributed by atoms with E-state index >= 15 is 0 Å². The quantitative estimate of drug-likeness (QED) is 0.849. The summed E-state index contributed by atoms with van der Waals surface area (Å²) in [4.78, 5) is 17.4. The zero-order valence-corrected chi connectivity index (χ0v) is 12.6. The maximum atomic E-state index is 12.0. The van der Waals surface area contributed by atoms with Gasteiger partial charge in [-0.05, 0) is 25.0 Å². The summed E-state index contributed by atoms with van der Waals surface area (Å²) < 4.78 is 36.1. The van der Waals surface area contributed by atoms with Crippen LogP contribution in [-0.2, 0) is 11.2 Å². The number of piperidine rings is 1.